The van der Waals surface area contributed by atoms with Crippen LogP contribution >= 0.6 is 0 Å². The van der Waals surface area contributed by atoms with Crippen LogP contribution in [0.1, 0.15) is 296 Å². The molecule has 0 fully saturated rings. The lowest BCUT2D eigenvalue weighted by molar-refractivity contribution is -0.143. The smallest absolute Gasteiger partial charge is 0.305 e. The number of carbonyl (C=O) groups excluding carboxylic acids is 2. The molecule has 0 aliphatic heterocycles. The number of unbranched alkanes of at least 4 members (excludes halogenated alkanes) is 35. The average molecular weight is 927 g/mol. The summed E-state index contributed by atoms with van der Waals surface area (Å²) in [4.78, 5) is 24.5. The molecule has 6 heteroatoms. The molecular formula is C60H111NO5. The second kappa shape index (κ2) is 55.4. The zero-order valence-corrected chi connectivity index (χ0v) is 43.9. The van der Waals surface area contributed by atoms with Crippen LogP contribution in [0, 0.1) is 0 Å². The number of ether oxygens (including phenoxy) is 1. The summed E-state index contributed by atoms with van der Waals surface area (Å²) in [6.07, 6.45) is 69.5. The van der Waals surface area contributed by atoms with Crippen molar-refractivity contribution in [1.29, 1.82) is 0 Å². The topological polar surface area (TPSA) is 95.9 Å². The van der Waals surface area contributed by atoms with E-state index in [0.29, 0.717) is 25.9 Å². The molecule has 1 amide bonds. The normalized spacial score (nSPS) is 13.0. The van der Waals surface area contributed by atoms with Crippen LogP contribution in [-0.2, 0) is 14.3 Å². The molecule has 66 heavy (non-hydrogen) atoms. The van der Waals surface area contributed by atoms with E-state index >= 15 is 0 Å². The minimum absolute atomic E-state index is 0.0272. The molecule has 2 atom stereocenters. The van der Waals surface area contributed by atoms with Crippen LogP contribution in [-0.4, -0.2) is 47.4 Å². The Labute approximate surface area is 410 Å². The van der Waals surface area contributed by atoms with Crippen molar-refractivity contribution in [2.24, 2.45) is 0 Å². The van der Waals surface area contributed by atoms with Gasteiger partial charge in [0.25, 0.3) is 0 Å². The van der Waals surface area contributed by atoms with Crippen molar-refractivity contribution in [3.8, 4) is 0 Å². The van der Waals surface area contributed by atoms with Crippen LogP contribution in [0.4, 0.5) is 0 Å². The molecule has 0 saturated heterocycles. The predicted octanol–water partition coefficient (Wildman–Crippen LogP) is 17.8. The van der Waals surface area contributed by atoms with Crippen molar-refractivity contribution < 1.29 is 24.5 Å². The maximum atomic E-state index is 12.5. The fraction of sp³-hybridized carbons (Fsp3) is 0.833. The van der Waals surface area contributed by atoms with E-state index in [1.807, 2.05) is 0 Å². The number of rotatable bonds is 53. The number of hydrogen-bond donors (Lipinski definition) is 3. The van der Waals surface area contributed by atoms with Crippen LogP contribution in [0.2, 0.25) is 0 Å². The third kappa shape index (κ3) is 51.2. The van der Waals surface area contributed by atoms with Crippen LogP contribution in [0.15, 0.2) is 48.6 Å². The lowest BCUT2D eigenvalue weighted by Gasteiger charge is -2.22. The number of allylic oxidation sites excluding steroid dienone is 8. The van der Waals surface area contributed by atoms with E-state index in [1.54, 1.807) is 0 Å². The summed E-state index contributed by atoms with van der Waals surface area (Å²) in [5.41, 5.74) is 0. The van der Waals surface area contributed by atoms with Gasteiger partial charge < -0.3 is 20.3 Å². The Kier molecular flexibility index (Phi) is 53.6. The minimum atomic E-state index is -0.672. The highest BCUT2D eigenvalue weighted by Gasteiger charge is 2.20. The Bertz CT molecular complexity index is 1110. The van der Waals surface area contributed by atoms with Gasteiger partial charge in [0.05, 0.1) is 25.4 Å². The van der Waals surface area contributed by atoms with E-state index in [2.05, 4.69) is 67.8 Å². The Balaban J connectivity index is 3.49. The van der Waals surface area contributed by atoms with Gasteiger partial charge in [-0.05, 0) is 89.9 Å². The highest BCUT2D eigenvalue weighted by Crippen LogP contribution is 2.16. The standard InChI is InChI=1S/C60H111NO5/c1-3-5-7-9-11-13-15-17-19-26-30-34-38-42-46-50-54-60(65)66-55-51-47-43-39-35-31-27-24-22-20-21-23-25-29-33-37-41-45-49-53-59(64)61-57(56-62)58(63)52-48-44-40-36-32-28-18-16-14-12-10-8-6-4-2/h13,15,19,24,26-27,31,35,57-58,62-63H,3-12,14,16-18,20-23,25,28-30,32-34,36-56H2,1-2H3,(H,61,64)/b15-13-,26-19-,27-24-,35-31-. The number of aliphatic hydroxyl groups excluding tert-OH is 2. The molecule has 0 heterocycles. The number of aliphatic hydroxyl groups is 2. The third-order valence-corrected chi connectivity index (χ3v) is 13.1. The molecule has 6 nitrogen and oxygen atoms in total. The maximum Gasteiger partial charge on any atom is 0.305 e. The van der Waals surface area contributed by atoms with E-state index in [0.717, 1.165) is 77.0 Å². The SMILES string of the molecule is CCCCCC/C=C\C/C=C\CCCCCCCC(=O)OCCCCC/C=C\C=C/CCCCCCCCCCCCC(=O)NC(CO)C(O)CCCCCCCCCCCCCCCC. The molecule has 386 valence electrons. The van der Waals surface area contributed by atoms with E-state index in [4.69, 9.17) is 4.74 Å². The summed E-state index contributed by atoms with van der Waals surface area (Å²) < 4.78 is 5.45. The van der Waals surface area contributed by atoms with Crippen LogP contribution in [0.3, 0.4) is 0 Å². The number of amides is 1. The van der Waals surface area contributed by atoms with Crippen LogP contribution in [0.25, 0.3) is 0 Å². The van der Waals surface area contributed by atoms with Gasteiger partial charge in [-0.25, -0.2) is 0 Å². The highest BCUT2D eigenvalue weighted by molar-refractivity contribution is 5.76. The lowest BCUT2D eigenvalue weighted by atomic mass is 10.0. The first kappa shape index (κ1) is 63.8. The van der Waals surface area contributed by atoms with E-state index in [-0.39, 0.29) is 18.5 Å². The van der Waals surface area contributed by atoms with Gasteiger partial charge in [0, 0.05) is 12.8 Å². The van der Waals surface area contributed by atoms with Gasteiger partial charge in [-0.3, -0.25) is 9.59 Å². The van der Waals surface area contributed by atoms with Crippen molar-refractivity contribution in [2.75, 3.05) is 13.2 Å². The molecule has 0 aromatic carbocycles. The molecule has 2 unspecified atom stereocenters. The number of nitrogens with one attached hydrogen (secondary N) is 1. The molecule has 3 N–H and O–H groups in total. The average Bonchev–Trinajstić information content (AvgIpc) is 3.32. The minimum Gasteiger partial charge on any atom is -0.466 e. The Hall–Kier alpha value is -2.18. The van der Waals surface area contributed by atoms with E-state index in [1.165, 1.54) is 186 Å². The highest BCUT2D eigenvalue weighted by atomic mass is 16.5. The van der Waals surface area contributed by atoms with Crippen molar-refractivity contribution in [1.82, 2.24) is 5.32 Å². The van der Waals surface area contributed by atoms with Gasteiger partial charge in [-0.15, -0.1) is 0 Å². The Morgan fingerprint density at radius 2 is 0.803 bits per heavy atom. The zero-order chi connectivity index (χ0) is 47.9. The monoisotopic (exact) mass is 926 g/mol. The van der Waals surface area contributed by atoms with Crippen LogP contribution < -0.4 is 5.32 Å². The second-order valence-corrected chi connectivity index (χ2v) is 19.6. The van der Waals surface area contributed by atoms with Crippen molar-refractivity contribution in [3.63, 3.8) is 0 Å². The molecule has 0 rings (SSSR count). The van der Waals surface area contributed by atoms with Gasteiger partial charge in [0.2, 0.25) is 5.91 Å². The van der Waals surface area contributed by atoms with Crippen LogP contribution in [0.5, 0.6) is 0 Å². The molecule has 0 saturated carbocycles. The number of hydrogen-bond acceptors (Lipinski definition) is 5. The van der Waals surface area contributed by atoms with Gasteiger partial charge in [-0.1, -0.05) is 242 Å². The summed E-state index contributed by atoms with van der Waals surface area (Å²) >= 11 is 0. The number of carbonyl (C=O) groups is 2. The third-order valence-electron chi connectivity index (χ3n) is 13.1. The van der Waals surface area contributed by atoms with Crippen molar-refractivity contribution >= 4 is 11.9 Å². The zero-order valence-electron chi connectivity index (χ0n) is 43.9. The Morgan fingerprint density at radius 3 is 1.26 bits per heavy atom. The lowest BCUT2D eigenvalue weighted by Crippen LogP contribution is -2.45. The first-order chi connectivity index (χ1) is 32.5. The largest absolute Gasteiger partial charge is 0.466 e. The van der Waals surface area contributed by atoms with Gasteiger partial charge in [-0.2, -0.15) is 0 Å². The molecular weight excluding hydrogens is 815 g/mol. The molecule has 0 aromatic heterocycles. The molecule has 0 spiro atoms. The molecule has 0 bridgehead atoms. The second-order valence-electron chi connectivity index (χ2n) is 19.6. The maximum absolute atomic E-state index is 12.5. The number of esters is 1. The molecule has 0 aromatic rings. The fourth-order valence-electron chi connectivity index (χ4n) is 8.66. The summed E-state index contributed by atoms with van der Waals surface area (Å²) in [5, 5.41) is 23.2. The molecule has 0 aliphatic carbocycles. The summed E-state index contributed by atoms with van der Waals surface area (Å²) in [5.74, 6) is -0.0726. The van der Waals surface area contributed by atoms with Crippen molar-refractivity contribution in [2.45, 2.75) is 309 Å². The van der Waals surface area contributed by atoms with Crippen molar-refractivity contribution in [3.05, 3.63) is 48.6 Å². The van der Waals surface area contributed by atoms with Gasteiger partial charge in [0.1, 0.15) is 0 Å². The quantitative estimate of drug-likeness (QED) is 0.0244. The molecule has 0 radical (unpaired) electrons. The van der Waals surface area contributed by atoms with Gasteiger partial charge >= 0.3 is 5.97 Å². The summed E-state index contributed by atoms with van der Waals surface area (Å²) in [6, 6.07) is -0.550. The Morgan fingerprint density at radius 1 is 0.439 bits per heavy atom. The van der Waals surface area contributed by atoms with E-state index in [9.17, 15) is 19.8 Å². The molecule has 0 aliphatic rings. The van der Waals surface area contributed by atoms with Gasteiger partial charge in [0.15, 0.2) is 0 Å². The fourth-order valence-corrected chi connectivity index (χ4v) is 8.66. The first-order valence-corrected chi connectivity index (χ1v) is 28.9. The summed E-state index contributed by atoms with van der Waals surface area (Å²) in [6.45, 7) is 4.89. The first-order valence-electron chi connectivity index (χ1n) is 28.9. The summed E-state index contributed by atoms with van der Waals surface area (Å²) in [7, 11) is 0. The predicted molar refractivity (Wildman–Crippen MR) is 287 cm³/mol. The van der Waals surface area contributed by atoms with E-state index < -0.39 is 12.1 Å².